The van der Waals surface area contributed by atoms with Crippen molar-refractivity contribution in [1.29, 1.82) is 0 Å². The van der Waals surface area contributed by atoms with Crippen molar-refractivity contribution in [3.63, 3.8) is 0 Å². The van der Waals surface area contributed by atoms with Crippen LogP contribution in [0, 0.1) is 12.7 Å². The van der Waals surface area contributed by atoms with Crippen LogP contribution in [0.25, 0.3) is 33.5 Å². The van der Waals surface area contributed by atoms with E-state index in [-0.39, 0.29) is 11.8 Å². The maximum atomic E-state index is 13.3. The number of hydrogen-bond acceptors (Lipinski definition) is 7. The molecular weight excluding hydrogens is 485 g/mol. The first-order chi connectivity index (χ1) is 15.7. The lowest BCUT2D eigenvalue weighted by Crippen LogP contribution is -2.23. The van der Waals surface area contributed by atoms with Crippen molar-refractivity contribution in [3.05, 3.63) is 54.1 Å². The van der Waals surface area contributed by atoms with Gasteiger partial charge in [-0.25, -0.2) is 26.7 Å². The van der Waals surface area contributed by atoms with E-state index in [0.717, 1.165) is 9.54 Å². The molecule has 0 aliphatic heterocycles. The monoisotopic (exact) mass is 509 g/mol. The number of H-pyrrole nitrogens is 1. The zero-order valence-corrected chi connectivity index (χ0v) is 20.4. The van der Waals surface area contributed by atoms with Crippen LogP contribution in [0.3, 0.4) is 0 Å². The summed E-state index contributed by atoms with van der Waals surface area (Å²) < 4.78 is 65.8. The number of nitrogens with zero attached hydrogens (tertiary/aromatic N) is 3. The Morgan fingerprint density at radius 1 is 1.03 bits per heavy atom. The molecule has 0 aliphatic carbocycles. The molecule has 0 radical (unpaired) electrons. The molecule has 0 atom stereocenters. The average Bonchev–Trinajstić information content (AvgIpc) is 3.26. The molecule has 0 fully saturated rings. The zero-order chi connectivity index (χ0) is 25.4. The molecule has 13 heteroatoms. The molecule has 10 nitrogen and oxygen atoms in total. The molecule has 0 amide bonds. The molecule has 2 aromatic carbocycles. The van der Waals surface area contributed by atoms with Gasteiger partial charge in [0.05, 0.1) is 33.9 Å². The van der Waals surface area contributed by atoms with Gasteiger partial charge in [0.15, 0.2) is 0 Å². The summed E-state index contributed by atoms with van der Waals surface area (Å²) in [5.74, 6) is 0.274. The molecule has 0 aliphatic rings. The Labute approximate surface area is 196 Å². The van der Waals surface area contributed by atoms with Gasteiger partial charge in [0.2, 0.25) is 16.0 Å². The third-order valence-corrected chi connectivity index (χ3v) is 6.80. The predicted molar refractivity (Wildman–Crippen MR) is 129 cm³/mol. The van der Waals surface area contributed by atoms with Crippen LogP contribution in [0.5, 0.6) is 0 Å². The number of nitrogens with one attached hydrogen (secondary N) is 1. The maximum absolute atomic E-state index is 13.3. The zero-order valence-electron chi connectivity index (χ0n) is 18.8. The number of anilines is 1. The number of aromatic nitrogens is 4. The minimum Gasteiger partial charge on any atom is -0.368 e. The Morgan fingerprint density at radius 3 is 2.15 bits per heavy atom. The van der Waals surface area contributed by atoms with Crippen molar-refractivity contribution in [2.45, 2.75) is 26.0 Å². The van der Waals surface area contributed by atoms with Gasteiger partial charge in [0, 0.05) is 11.1 Å². The van der Waals surface area contributed by atoms with Crippen molar-refractivity contribution in [2.75, 3.05) is 12.0 Å². The van der Waals surface area contributed by atoms with Crippen LogP contribution >= 0.6 is 0 Å². The first-order valence-corrected chi connectivity index (χ1v) is 13.3. The van der Waals surface area contributed by atoms with Gasteiger partial charge in [-0.2, -0.15) is 8.42 Å². The molecule has 0 saturated heterocycles. The Hall–Kier alpha value is -3.29. The number of fused-ring (bicyclic) bond motifs is 1. The Bertz CT molecular complexity index is 1550. The standard InChI is InChI=1S/C20H20FN5O2S.CH4O3S/c1-11(2)29(27,28)26-17-10-14(6-9-16(17)25-20(26)22)19-18(23-12(3)24-19)13-4-7-15(21)8-5-13;1-5(2,3)4/h4-11H,1-3H3,(H2,22,25)(H,23,24);1H3,(H,2,3,4). The molecule has 0 saturated carbocycles. The van der Waals surface area contributed by atoms with Crippen LogP contribution in [0.4, 0.5) is 10.3 Å². The molecular formula is C21H24FN5O5S2. The van der Waals surface area contributed by atoms with E-state index in [9.17, 15) is 21.2 Å². The van der Waals surface area contributed by atoms with Crippen molar-refractivity contribution < 1.29 is 25.8 Å². The summed E-state index contributed by atoms with van der Waals surface area (Å²) in [6.07, 6.45) is 0.715. The summed E-state index contributed by atoms with van der Waals surface area (Å²) in [4.78, 5) is 11.9. The first-order valence-electron chi connectivity index (χ1n) is 9.96. The van der Waals surface area contributed by atoms with E-state index in [0.29, 0.717) is 40.1 Å². The Morgan fingerprint density at radius 2 is 1.59 bits per heavy atom. The highest BCUT2D eigenvalue weighted by molar-refractivity contribution is 7.90. The van der Waals surface area contributed by atoms with E-state index in [2.05, 4.69) is 15.0 Å². The lowest BCUT2D eigenvalue weighted by atomic mass is 10.0. The summed E-state index contributed by atoms with van der Waals surface area (Å²) in [6.45, 7) is 5.00. The first kappa shape index (κ1) is 25.3. The summed E-state index contributed by atoms with van der Waals surface area (Å²) in [5.41, 5.74) is 9.60. The minimum absolute atomic E-state index is 0.0807. The molecule has 0 bridgehead atoms. The summed E-state index contributed by atoms with van der Waals surface area (Å²) >= 11 is 0. The molecule has 2 heterocycles. The van der Waals surface area contributed by atoms with Crippen LogP contribution in [0.2, 0.25) is 0 Å². The third-order valence-electron chi connectivity index (χ3n) is 4.72. The molecule has 182 valence electrons. The quantitative estimate of drug-likeness (QED) is 0.353. The van der Waals surface area contributed by atoms with Gasteiger partial charge in [-0.15, -0.1) is 0 Å². The number of hydrogen-bond donors (Lipinski definition) is 3. The molecule has 4 rings (SSSR count). The second-order valence-electron chi connectivity index (χ2n) is 7.82. The highest BCUT2D eigenvalue weighted by Gasteiger charge is 2.25. The van der Waals surface area contributed by atoms with E-state index in [1.165, 1.54) is 12.1 Å². The van der Waals surface area contributed by atoms with Gasteiger partial charge in [-0.05, 0) is 57.2 Å². The van der Waals surface area contributed by atoms with E-state index >= 15 is 0 Å². The fourth-order valence-electron chi connectivity index (χ4n) is 3.22. The number of aryl methyl sites for hydroxylation is 1. The van der Waals surface area contributed by atoms with Crippen LogP contribution in [0.1, 0.15) is 19.7 Å². The third kappa shape index (κ3) is 5.43. The number of nitrogen functional groups attached to an aromatic ring is 1. The fraction of sp³-hybridized carbons (Fsp3) is 0.238. The van der Waals surface area contributed by atoms with E-state index in [1.807, 2.05) is 13.0 Å². The predicted octanol–water partition coefficient (Wildman–Crippen LogP) is 3.21. The van der Waals surface area contributed by atoms with Crippen LogP contribution in [-0.2, 0) is 20.1 Å². The smallest absolute Gasteiger partial charge is 0.261 e. The maximum Gasteiger partial charge on any atom is 0.261 e. The number of nitrogens with two attached hydrogens (primary N) is 1. The van der Waals surface area contributed by atoms with Crippen LogP contribution < -0.4 is 5.73 Å². The molecule has 4 aromatic rings. The van der Waals surface area contributed by atoms with Crippen molar-refractivity contribution in [2.24, 2.45) is 0 Å². The van der Waals surface area contributed by atoms with E-state index < -0.39 is 25.4 Å². The highest BCUT2D eigenvalue weighted by atomic mass is 32.2. The summed E-state index contributed by atoms with van der Waals surface area (Å²) in [7, 11) is -7.36. The normalized spacial score (nSPS) is 12.1. The average molecular weight is 510 g/mol. The van der Waals surface area contributed by atoms with Gasteiger partial charge in [0.1, 0.15) is 11.6 Å². The molecule has 4 N–H and O–H groups in total. The minimum atomic E-state index is -3.69. The van der Waals surface area contributed by atoms with E-state index in [4.69, 9.17) is 10.3 Å². The molecule has 0 spiro atoms. The number of halogens is 1. The van der Waals surface area contributed by atoms with Crippen molar-refractivity contribution in [3.8, 4) is 22.5 Å². The number of aromatic amines is 1. The molecule has 0 unspecified atom stereocenters. The Kier molecular flexibility index (Phi) is 6.82. The largest absolute Gasteiger partial charge is 0.368 e. The van der Waals surface area contributed by atoms with Gasteiger partial charge in [-0.3, -0.25) is 4.55 Å². The Balaban J connectivity index is 0.000000588. The second-order valence-corrected chi connectivity index (χ2v) is 11.6. The topological polar surface area (TPSA) is 161 Å². The summed E-state index contributed by atoms with van der Waals surface area (Å²) in [6, 6.07) is 11.3. The fourth-order valence-corrected chi connectivity index (χ4v) is 4.37. The van der Waals surface area contributed by atoms with Gasteiger partial charge >= 0.3 is 0 Å². The van der Waals surface area contributed by atoms with Crippen molar-refractivity contribution >= 4 is 37.1 Å². The van der Waals surface area contributed by atoms with E-state index in [1.54, 1.807) is 38.1 Å². The van der Waals surface area contributed by atoms with Crippen LogP contribution in [-0.4, -0.2) is 51.8 Å². The number of rotatable bonds is 4. The lowest BCUT2D eigenvalue weighted by Gasteiger charge is -2.11. The van der Waals surface area contributed by atoms with Crippen LogP contribution in [0.15, 0.2) is 42.5 Å². The highest BCUT2D eigenvalue weighted by Crippen LogP contribution is 2.33. The lowest BCUT2D eigenvalue weighted by molar-refractivity contribution is 0.490. The number of benzene rings is 2. The van der Waals surface area contributed by atoms with Gasteiger partial charge in [0.25, 0.3) is 10.1 Å². The number of imidazole rings is 2. The summed E-state index contributed by atoms with van der Waals surface area (Å²) in [5, 5.41) is -0.659. The molecule has 34 heavy (non-hydrogen) atoms. The second kappa shape index (κ2) is 9.16. The van der Waals surface area contributed by atoms with Gasteiger partial charge in [-0.1, -0.05) is 6.07 Å². The SMILES string of the molecule is CS(=O)(=O)O.Cc1nc(-c2ccc3nc(N)n(S(=O)(=O)C(C)C)c3c2)c(-c2ccc(F)cc2)[nH]1. The van der Waals surface area contributed by atoms with Gasteiger partial charge < -0.3 is 10.7 Å². The molecule has 2 aromatic heterocycles. The van der Waals surface area contributed by atoms with Crippen molar-refractivity contribution in [1.82, 2.24) is 18.9 Å².